The number of benzene rings is 1. The minimum absolute atomic E-state index is 0.160. The van der Waals surface area contributed by atoms with Crippen molar-refractivity contribution in [1.82, 2.24) is 4.98 Å². The number of rotatable bonds is 4. The van der Waals surface area contributed by atoms with Crippen LogP contribution in [-0.2, 0) is 0 Å². The number of nitrogens with zero attached hydrogens (tertiary/aromatic N) is 1. The standard InChI is InChI=1S/C16H17NO3/c1-10(2)12-5-4-11(3)14(8-12)20-15-9-13(16(18)19)6-7-17-15/h4-10H,1-3H3,(H,18,19). The summed E-state index contributed by atoms with van der Waals surface area (Å²) < 4.78 is 5.72. The van der Waals surface area contributed by atoms with Crippen LogP contribution in [0.2, 0.25) is 0 Å². The Hall–Kier alpha value is -2.36. The van der Waals surface area contributed by atoms with Crippen LogP contribution in [0.1, 0.15) is 41.3 Å². The van der Waals surface area contributed by atoms with E-state index < -0.39 is 5.97 Å². The van der Waals surface area contributed by atoms with Gasteiger partial charge in [-0.2, -0.15) is 0 Å². The molecule has 104 valence electrons. The fraction of sp³-hybridized carbons (Fsp3) is 0.250. The van der Waals surface area contributed by atoms with Gasteiger partial charge in [0.25, 0.3) is 0 Å². The summed E-state index contributed by atoms with van der Waals surface area (Å²) >= 11 is 0. The van der Waals surface area contributed by atoms with E-state index in [1.54, 1.807) is 0 Å². The van der Waals surface area contributed by atoms with E-state index in [2.05, 4.69) is 24.9 Å². The van der Waals surface area contributed by atoms with Gasteiger partial charge in [0.1, 0.15) is 5.75 Å². The molecule has 1 aromatic heterocycles. The van der Waals surface area contributed by atoms with Gasteiger partial charge in [-0.1, -0.05) is 26.0 Å². The number of aromatic carboxylic acids is 1. The van der Waals surface area contributed by atoms with Crippen molar-refractivity contribution in [3.8, 4) is 11.6 Å². The highest BCUT2D eigenvalue weighted by atomic mass is 16.5. The van der Waals surface area contributed by atoms with Crippen LogP contribution in [0.15, 0.2) is 36.5 Å². The minimum Gasteiger partial charge on any atom is -0.478 e. The van der Waals surface area contributed by atoms with Crippen LogP contribution >= 0.6 is 0 Å². The molecule has 1 heterocycles. The van der Waals surface area contributed by atoms with Crippen LogP contribution in [0.25, 0.3) is 0 Å². The number of carbonyl (C=O) groups is 1. The molecule has 0 bridgehead atoms. The molecule has 0 fully saturated rings. The average Bonchev–Trinajstić information content (AvgIpc) is 2.41. The van der Waals surface area contributed by atoms with Crippen molar-refractivity contribution >= 4 is 5.97 Å². The molecule has 0 radical (unpaired) electrons. The monoisotopic (exact) mass is 271 g/mol. The lowest BCUT2D eigenvalue weighted by Crippen LogP contribution is -1.98. The van der Waals surface area contributed by atoms with Gasteiger partial charge in [-0.3, -0.25) is 0 Å². The summed E-state index contributed by atoms with van der Waals surface area (Å²) in [7, 11) is 0. The van der Waals surface area contributed by atoms with Gasteiger partial charge in [0.2, 0.25) is 5.88 Å². The van der Waals surface area contributed by atoms with Crippen molar-refractivity contribution in [3.05, 3.63) is 53.2 Å². The number of hydrogen-bond acceptors (Lipinski definition) is 3. The van der Waals surface area contributed by atoms with Crippen molar-refractivity contribution in [3.63, 3.8) is 0 Å². The number of ether oxygens (including phenoxy) is 1. The molecule has 0 amide bonds. The van der Waals surface area contributed by atoms with E-state index in [0.717, 1.165) is 5.56 Å². The van der Waals surface area contributed by atoms with Gasteiger partial charge >= 0.3 is 5.97 Å². The highest BCUT2D eigenvalue weighted by molar-refractivity contribution is 5.87. The van der Waals surface area contributed by atoms with Gasteiger partial charge in [0.15, 0.2) is 0 Å². The number of pyridine rings is 1. The summed E-state index contributed by atoms with van der Waals surface area (Å²) in [5.74, 6) is 0.390. The Bertz CT molecular complexity index is 635. The summed E-state index contributed by atoms with van der Waals surface area (Å²) in [6.07, 6.45) is 1.43. The van der Waals surface area contributed by atoms with Gasteiger partial charge < -0.3 is 9.84 Å². The highest BCUT2D eigenvalue weighted by Gasteiger charge is 2.09. The second-order valence-corrected chi connectivity index (χ2v) is 4.97. The fourth-order valence-corrected chi connectivity index (χ4v) is 1.80. The Morgan fingerprint density at radius 2 is 2.00 bits per heavy atom. The second-order valence-electron chi connectivity index (χ2n) is 4.97. The Balaban J connectivity index is 2.32. The summed E-state index contributed by atoms with van der Waals surface area (Å²) in [4.78, 5) is 15.0. The molecule has 0 aliphatic rings. The third-order valence-corrected chi connectivity index (χ3v) is 3.08. The molecule has 0 saturated carbocycles. The lowest BCUT2D eigenvalue weighted by atomic mass is 10.0. The summed E-state index contributed by atoms with van der Waals surface area (Å²) in [5, 5.41) is 8.96. The van der Waals surface area contributed by atoms with Crippen LogP contribution in [0.5, 0.6) is 11.6 Å². The van der Waals surface area contributed by atoms with E-state index >= 15 is 0 Å². The van der Waals surface area contributed by atoms with Gasteiger partial charge in [-0.25, -0.2) is 9.78 Å². The number of aryl methyl sites for hydroxylation is 1. The molecule has 2 aromatic rings. The number of carboxylic acids is 1. The van der Waals surface area contributed by atoms with Gasteiger partial charge in [-0.05, 0) is 36.1 Å². The van der Waals surface area contributed by atoms with Gasteiger partial charge in [-0.15, -0.1) is 0 Å². The molecule has 4 nitrogen and oxygen atoms in total. The third kappa shape index (κ3) is 3.15. The van der Waals surface area contributed by atoms with E-state index in [0.29, 0.717) is 11.7 Å². The molecule has 0 aliphatic heterocycles. The van der Waals surface area contributed by atoms with E-state index in [4.69, 9.17) is 9.84 Å². The summed E-state index contributed by atoms with van der Waals surface area (Å²) in [6, 6.07) is 8.88. The molecular weight excluding hydrogens is 254 g/mol. The van der Waals surface area contributed by atoms with E-state index in [9.17, 15) is 4.79 Å². The molecule has 0 saturated heterocycles. The zero-order valence-corrected chi connectivity index (χ0v) is 11.8. The number of carboxylic acid groups (broad SMARTS) is 1. The zero-order valence-electron chi connectivity index (χ0n) is 11.8. The lowest BCUT2D eigenvalue weighted by Gasteiger charge is -2.12. The largest absolute Gasteiger partial charge is 0.478 e. The first-order chi connectivity index (χ1) is 9.47. The molecule has 0 aliphatic carbocycles. The van der Waals surface area contributed by atoms with Gasteiger partial charge in [0, 0.05) is 12.3 Å². The predicted molar refractivity (Wildman–Crippen MR) is 76.5 cm³/mol. The highest BCUT2D eigenvalue weighted by Crippen LogP contribution is 2.28. The maximum Gasteiger partial charge on any atom is 0.335 e. The Morgan fingerprint density at radius 1 is 1.25 bits per heavy atom. The molecule has 1 aromatic carbocycles. The third-order valence-electron chi connectivity index (χ3n) is 3.08. The van der Waals surface area contributed by atoms with Crippen molar-refractivity contribution in [2.45, 2.75) is 26.7 Å². The molecule has 0 unspecified atom stereocenters. The molecule has 4 heteroatoms. The Morgan fingerprint density at radius 3 is 2.65 bits per heavy atom. The first-order valence-electron chi connectivity index (χ1n) is 6.45. The smallest absolute Gasteiger partial charge is 0.335 e. The zero-order chi connectivity index (χ0) is 14.7. The number of hydrogen-bond donors (Lipinski definition) is 1. The minimum atomic E-state index is -0.995. The maximum absolute atomic E-state index is 10.9. The number of aromatic nitrogens is 1. The van der Waals surface area contributed by atoms with E-state index in [1.807, 2.05) is 19.1 Å². The molecule has 0 spiro atoms. The van der Waals surface area contributed by atoms with E-state index in [-0.39, 0.29) is 11.4 Å². The average molecular weight is 271 g/mol. The normalized spacial score (nSPS) is 10.6. The second kappa shape index (κ2) is 5.74. The first kappa shape index (κ1) is 14.1. The molecule has 2 rings (SSSR count). The molecule has 0 atom stereocenters. The SMILES string of the molecule is Cc1ccc(C(C)C)cc1Oc1cc(C(=O)O)ccn1. The van der Waals surface area contributed by atoms with Crippen LogP contribution < -0.4 is 4.74 Å². The van der Waals surface area contributed by atoms with Crippen LogP contribution in [0.4, 0.5) is 0 Å². The van der Waals surface area contributed by atoms with Crippen molar-refractivity contribution < 1.29 is 14.6 Å². The van der Waals surface area contributed by atoms with Crippen molar-refractivity contribution in [2.24, 2.45) is 0 Å². The van der Waals surface area contributed by atoms with Crippen LogP contribution in [-0.4, -0.2) is 16.1 Å². The topological polar surface area (TPSA) is 59.4 Å². The van der Waals surface area contributed by atoms with Crippen molar-refractivity contribution in [2.75, 3.05) is 0 Å². The fourth-order valence-electron chi connectivity index (χ4n) is 1.80. The van der Waals surface area contributed by atoms with Gasteiger partial charge in [0.05, 0.1) is 5.56 Å². The van der Waals surface area contributed by atoms with Crippen molar-refractivity contribution in [1.29, 1.82) is 0 Å². The maximum atomic E-state index is 10.9. The lowest BCUT2D eigenvalue weighted by molar-refractivity contribution is 0.0696. The summed E-state index contributed by atoms with van der Waals surface area (Å²) in [5.41, 5.74) is 2.31. The Kier molecular flexibility index (Phi) is 4.03. The predicted octanol–water partition coefficient (Wildman–Crippen LogP) is 4.00. The molecule has 20 heavy (non-hydrogen) atoms. The van der Waals surface area contributed by atoms with Crippen LogP contribution in [0, 0.1) is 6.92 Å². The Labute approximate surface area is 118 Å². The summed E-state index contributed by atoms with van der Waals surface area (Å²) in [6.45, 7) is 6.16. The molecule has 1 N–H and O–H groups in total. The van der Waals surface area contributed by atoms with Crippen LogP contribution in [0.3, 0.4) is 0 Å². The first-order valence-corrected chi connectivity index (χ1v) is 6.45. The van der Waals surface area contributed by atoms with E-state index in [1.165, 1.54) is 23.9 Å². The molecular formula is C16H17NO3. The quantitative estimate of drug-likeness (QED) is 0.912.